The number of ether oxygens (including phenoxy) is 1. The summed E-state index contributed by atoms with van der Waals surface area (Å²) < 4.78 is 5.84. The Labute approximate surface area is 122 Å². The van der Waals surface area contributed by atoms with Gasteiger partial charge in [-0.25, -0.2) is 0 Å². The SMILES string of the molecule is COc1c(C)c2c(c(C)c1C1CCCCN1)CCCC2. The van der Waals surface area contributed by atoms with Gasteiger partial charge in [-0.05, 0) is 81.2 Å². The van der Waals surface area contributed by atoms with Crippen molar-refractivity contribution in [2.45, 2.75) is 64.8 Å². The largest absolute Gasteiger partial charge is 0.496 e. The van der Waals surface area contributed by atoms with Crippen LogP contribution in [0.25, 0.3) is 0 Å². The van der Waals surface area contributed by atoms with Crippen LogP contribution in [-0.4, -0.2) is 13.7 Å². The Bertz CT molecular complexity index is 501. The van der Waals surface area contributed by atoms with E-state index < -0.39 is 0 Å². The summed E-state index contributed by atoms with van der Waals surface area (Å²) in [6.07, 6.45) is 9.05. The zero-order valence-corrected chi connectivity index (χ0v) is 13.1. The van der Waals surface area contributed by atoms with Gasteiger partial charge in [-0.15, -0.1) is 0 Å². The fourth-order valence-corrected chi connectivity index (χ4v) is 4.19. The molecule has 2 nitrogen and oxygen atoms in total. The molecule has 1 atom stereocenters. The monoisotopic (exact) mass is 273 g/mol. The lowest BCUT2D eigenvalue weighted by Crippen LogP contribution is -2.28. The van der Waals surface area contributed by atoms with Crippen LogP contribution in [0.2, 0.25) is 0 Å². The predicted octanol–water partition coefficient (Wildman–Crippen LogP) is 4.01. The Morgan fingerprint density at radius 1 is 0.950 bits per heavy atom. The molecule has 1 heterocycles. The lowest BCUT2D eigenvalue weighted by molar-refractivity contribution is 0.369. The summed E-state index contributed by atoms with van der Waals surface area (Å²) in [5.74, 6) is 1.16. The van der Waals surface area contributed by atoms with Crippen molar-refractivity contribution in [3.63, 3.8) is 0 Å². The van der Waals surface area contributed by atoms with Gasteiger partial charge in [-0.1, -0.05) is 6.42 Å². The zero-order chi connectivity index (χ0) is 14.1. The van der Waals surface area contributed by atoms with Gasteiger partial charge in [-0.2, -0.15) is 0 Å². The molecule has 110 valence electrons. The van der Waals surface area contributed by atoms with Crippen LogP contribution < -0.4 is 10.1 Å². The summed E-state index contributed by atoms with van der Waals surface area (Å²) in [7, 11) is 1.84. The molecule has 1 aliphatic carbocycles. The third kappa shape index (κ3) is 2.24. The van der Waals surface area contributed by atoms with E-state index in [2.05, 4.69) is 19.2 Å². The number of methoxy groups -OCH3 is 1. The summed E-state index contributed by atoms with van der Waals surface area (Å²) in [6.45, 7) is 5.72. The molecule has 1 N–H and O–H groups in total. The summed E-state index contributed by atoms with van der Waals surface area (Å²) in [5, 5.41) is 3.70. The minimum Gasteiger partial charge on any atom is -0.496 e. The highest BCUT2D eigenvalue weighted by Crippen LogP contribution is 2.41. The number of nitrogens with one attached hydrogen (secondary N) is 1. The van der Waals surface area contributed by atoms with E-state index in [4.69, 9.17) is 4.74 Å². The van der Waals surface area contributed by atoms with Crippen LogP contribution in [0.1, 0.15) is 66.0 Å². The molecule has 0 saturated carbocycles. The summed E-state index contributed by atoms with van der Waals surface area (Å²) >= 11 is 0. The summed E-state index contributed by atoms with van der Waals surface area (Å²) in [5.41, 5.74) is 7.55. The van der Waals surface area contributed by atoms with Crippen molar-refractivity contribution in [3.8, 4) is 5.75 Å². The van der Waals surface area contributed by atoms with Crippen LogP contribution in [-0.2, 0) is 12.8 Å². The number of hydrogen-bond donors (Lipinski definition) is 1. The third-order valence-corrected chi connectivity index (χ3v) is 5.23. The van der Waals surface area contributed by atoms with Crippen molar-refractivity contribution >= 4 is 0 Å². The third-order valence-electron chi connectivity index (χ3n) is 5.23. The minimum atomic E-state index is 0.490. The van der Waals surface area contributed by atoms with E-state index >= 15 is 0 Å². The van der Waals surface area contributed by atoms with Gasteiger partial charge in [0.15, 0.2) is 0 Å². The fraction of sp³-hybridized carbons (Fsp3) is 0.667. The van der Waals surface area contributed by atoms with Crippen molar-refractivity contribution in [1.29, 1.82) is 0 Å². The molecule has 1 aliphatic heterocycles. The first-order valence-electron chi connectivity index (χ1n) is 8.16. The molecule has 1 unspecified atom stereocenters. The molecule has 2 heteroatoms. The molecule has 1 saturated heterocycles. The molecule has 0 spiro atoms. The van der Waals surface area contributed by atoms with Gasteiger partial charge in [0.2, 0.25) is 0 Å². The predicted molar refractivity (Wildman–Crippen MR) is 83.7 cm³/mol. The molecular formula is C18H27NO. The van der Waals surface area contributed by atoms with Gasteiger partial charge >= 0.3 is 0 Å². The van der Waals surface area contributed by atoms with Gasteiger partial charge in [0, 0.05) is 11.6 Å². The minimum absolute atomic E-state index is 0.490. The first kappa shape index (κ1) is 13.9. The van der Waals surface area contributed by atoms with Crippen LogP contribution in [0.15, 0.2) is 0 Å². The molecule has 3 rings (SSSR count). The molecule has 20 heavy (non-hydrogen) atoms. The molecular weight excluding hydrogens is 246 g/mol. The Morgan fingerprint density at radius 3 is 2.25 bits per heavy atom. The maximum atomic E-state index is 5.84. The van der Waals surface area contributed by atoms with Gasteiger partial charge in [0.1, 0.15) is 5.75 Å². The standard InChI is InChI=1S/C18H27NO/c1-12-14-8-4-5-9-15(14)13(2)18(20-3)17(12)16-10-6-7-11-19-16/h16,19H,4-11H2,1-3H3. The maximum absolute atomic E-state index is 5.84. The smallest absolute Gasteiger partial charge is 0.127 e. The van der Waals surface area contributed by atoms with Crippen LogP contribution in [0, 0.1) is 13.8 Å². The molecule has 0 aromatic heterocycles. The van der Waals surface area contributed by atoms with E-state index in [0.29, 0.717) is 6.04 Å². The van der Waals surface area contributed by atoms with Gasteiger partial charge in [0.25, 0.3) is 0 Å². The van der Waals surface area contributed by atoms with E-state index in [9.17, 15) is 0 Å². The van der Waals surface area contributed by atoms with Crippen molar-refractivity contribution < 1.29 is 4.74 Å². The Morgan fingerprint density at radius 2 is 1.65 bits per heavy atom. The highest BCUT2D eigenvalue weighted by atomic mass is 16.5. The summed E-state index contributed by atoms with van der Waals surface area (Å²) in [4.78, 5) is 0. The van der Waals surface area contributed by atoms with Crippen LogP contribution in [0.5, 0.6) is 5.75 Å². The number of piperidine rings is 1. The average molecular weight is 273 g/mol. The van der Waals surface area contributed by atoms with Crippen molar-refractivity contribution in [1.82, 2.24) is 5.32 Å². The van der Waals surface area contributed by atoms with Gasteiger partial charge in [0.05, 0.1) is 7.11 Å². The lowest BCUT2D eigenvalue weighted by Gasteiger charge is -2.31. The second-order valence-electron chi connectivity index (χ2n) is 6.36. The Balaban J connectivity index is 2.14. The second-order valence-corrected chi connectivity index (χ2v) is 6.36. The number of hydrogen-bond acceptors (Lipinski definition) is 2. The molecule has 0 amide bonds. The molecule has 0 bridgehead atoms. The molecule has 1 fully saturated rings. The fourth-order valence-electron chi connectivity index (χ4n) is 4.19. The zero-order valence-electron chi connectivity index (χ0n) is 13.1. The molecule has 1 aromatic rings. The van der Waals surface area contributed by atoms with E-state index in [0.717, 1.165) is 12.3 Å². The first-order chi connectivity index (χ1) is 9.74. The second kappa shape index (κ2) is 5.77. The van der Waals surface area contributed by atoms with Crippen molar-refractivity contribution in [3.05, 3.63) is 27.8 Å². The maximum Gasteiger partial charge on any atom is 0.127 e. The number of benzene rings is 1. The van der Waals surface area contributed by atoms with Crippen LogP contribution in [0.4, 0.5) is 0 Å². The van der Waals surface area contributed by atoms with E-state index in [1.54, 1.807) is 11.1 Å². The molecule has 2 aliphatic rings. The van der Waals surface area contributed by atoms with E-state index in [1.165, 1.54) is 61.6 Å². The van der Waals surface area contributed by atoms with E-state index in [1.807, 2.05) is 7.11 Å². The van der Waals surface area contributed by atoms with Gasteiger partial charge < -0.3 is 10.1 Å². The number of rotatable bonds is 2. The average Bonchev–Trinajstić information content (AvgIpc) is 2.51. The normalized spacial score (nSPS) is 22.4. The molecule has 0 radical (unpaired) electrons. The Kier molecular flexibility index (Phi) is 4.02. The highest BCUT2D eigenvalue weighted by Gasteiger charge is 2.27. The molecule has 1 aromatic carbocycles. The lowest BCUT2D eigenvalue weighted by atomic mass is 9.80. The first-order valence-corrected chi connectivity index (χ1v) is 8.16. The van der Waals surface area contributed by atoms with Gasteiger partial charge in [-0.3, -0.25) is 0 Å². The topological polar surface area (TPSA) is 21.3 Å². The number of fused-ring (bicyclic) bond motifs is 1. The quantitative estimate of drug-likeness (QED) is 0.879. The van der Waals surface area contributed by atoms with Crippen LogP contribution in [0.3, 0.4) is 0 Å². The van der Waals surface area contributed by atoms with Crippen molar-refractivity contribution in [2.75, 3.05) is 13.7 Å². The Hall–Kier alpha value is -1.02. The van der Waals surface area contributed by atoms with Crippen LogP contribution >= 0.6 is 0 Å². The van der Waals surface area contributed by atoms with Crippen molar-refractivity contribution in [2.24, 2.45) is 0 Å². The highest BCUT2D eigenvalue weighted by molar-refractivity contribution is 5.57. The summed E-state index contributed by atoms with van der Waals surface area (Å²) in [6, 6.07) is 0.490. The van der Waals surface area contributed by atoms with E-state index in [-0.39, 0.29) is 0 Å².